The van der Waals surface area contributed by atoms with Crippen LogP contribution in [0.25, 0.3) is 27.7 Å². The largest absolute Gasteiger partial charge is 0.507 e. The second-order valence-corrected chi connectivity index (χ2v) is 12.2. The van der Waals surface area contributed by atoms with Crippen molar-refractivity contribution in [2.45, 2.75) is 52.1 Å². The molecule has 2 atom stereocenters. The molecule has 2 aromatic heterocycles. The zero-order valence-corrected chi connectivity index (χ0v) is 26.3. The zero-order chi connectivity index (χ0) is 33.2. The number of aromatic nitrogens is 3. The van der Waals surface area contributed by atoms with Crippen LogP contribution in [-0.2, 0) is 4.79 Å². The average molecular weight is 654 g/mol. The van der Waals surface area contributed by atoms with E-state index in [1.165, 1.54) is 10.6 Å². The Labute approximate surface area is 267 Å². The molecule has 2 aliphatic rings. The zero-order valence-electron chi connectivity index (χ0n) is 25.6. The molecule has 0 spiro atoms. The molecule has 0 bridgehead atoms. The van der Waals surface area contributed by atoms with Crippen LogP contribution in [0, 0.1) is 24.4 Å². The Kier molecular flexibility index (Phi) is 7.95. The molecule has 1 fully saturated rings. The standard InChI is InChI=1S/C33H31ClF3N5O4/c1-6-21(44)40-14-18-10-12-46-31-24-30(25(34)23(27(31)37)22-20(43)8-7-19(35)26(22)36)42(29-16(4)9-11-38-28(29)15(2)3)33(45)39-32(24)41(18)13-17(40)5/h6-9,11,15,17-18,43H,1,10,12-14H2,2-5H3. The highest BCUT2D eigenvalue weighted by molar-refractivity contribution is 6.39. The third-order valence-corrected chi connectivity index (χ3v) is 9.03. The van der Waals surface area contributed by atoms with Gasteiger partial charge in [0.1, 0.15) is 11.6 Å². The van der Waals surface area contributed by atoms with Crippen molar-refractivity contribution in [3.8, 4) is 28.3 Å². The van der Waals surface area contributed by atoms with Crippen molar-refractivity contribution in [2.24, 2.45) is 0 Å². The summed E-state index contributed by atoms with van der Waals surface area (Å²) in [5.41, 5.74) is -0.895. The number of pyridine rings is 1. The van der Waals surface area contributed by atoms with Gasteiger partial charge >= 0.3 is 5.69 Å². The lowest BCUT2D eigenvalue weighted by atomic mass is 9.97. The Hall–Kier alpha value is -4.58. The van der Waals surface area contributed by atoms with E-state index in [1.54, 1.807) is 24.1 Å². The van der Waals surface area contributed by atoms with Gasteiger partial charge in [0, 0.05) is 37.3 Å². The fourth-order valence-corrected chi connectivity index (χ4v) is 6.82. The van der Waals surface area contributed by atoms with E-state index in [-0.39, 0.29) is 60.3 Å². The first kappa shape index (κ1) is 31.4. The molecule has 240 valence electrons. The van der Waals surface area contributed by atoms with E-state index in [9.17, 15) is 19.1 Å². The second-order valence-electron chi connectivity index (χ2n) is 11.9. The van der Waals surface area contributed by atoms with Gasteiger partial charge in [0.05, 0.1) is 45.5 Å². The molecular formula is C33H31ClF3N5O4. The Morgan fingerprint density at radius 3 is 2.61 bits per heavy atom. The molecule has 9 nitrogen and oxygen atoms in total. The van der Waals surface area contributed by atoms with Crippen molar-refractivity contribution in [3.05, 3.63) is 81.3 Å². The first-order valence-corrected chi connectivity index (χ1v) is 15.2. The summed E-state index contributed by atoms with van der Waals surface area (Å²) in [6.45, 7) is 11.4. The van der Waals surface area contributed by atoms with Crippen LogP contribution in [0.2, 0.25) is 5.02 Å². The predicted octanol–water partition coefficient (Wildman–Crippen LogP) is 6.03. The molecule has 6 rings (SSSR count). The number of nitrogens with zero attached hydrogens (tertiary/aromatic N) is 5. The summed E-state index contributed by atoms with van der Waals surface area (Å²) < 4.78 is 53.9. The lowest BCUT2D eigenvalue weighted by molar-refractivity contribution is -0.129. The fraction of sp³-hybridized carbons (Fsp3) is 0.333. The molecule has 2 aromatic carbocycles. The van der Waals surface area contributed by atoms with E-state index >= 15 is 8.78 Å². The highest BCUT2D eigenvalue weighted by Gasteiger charge is 2.39. The van der Waals surface area contributed by atoms with Crippen LogP contribution >= 0.6 is 11.6 Å². The number of hydrogen-bond donors (Lipinski definition) is 1. The number of ether oxygens (including phenoxy) is 1. The van der Waals surface area contributed by atoms with E-state index in [4.69, 9.17) is 16.3 Å². The number of rotatable bonds is 4. The number of aryl methyl sites for hydroxylation is 1. The molecule has 0 saturated carbocycles. The van der Waals surface area contributed by atoms with Gasteiger partial charge in [-0.05, 0) is 49.6 Å². The number of aromatic hydroxyl groups is 1. The molecule has 2 aliphatic heterocycles. The molecule has 4 heterocycles. The average Bonchev–Trinajstić information content (AvgIpc) is 3.01. The minimum atomic E-state index is -1.53. The molecule has 4 aromatic rings. The van der Waals surface area contributed by atoms with Crippen LogP contribution in [0.15, 0.2) is 41.8 Å². The molecular weight excluding hydrogens is 623 g/mol. The lowest BCUT2D eigenvalue weighted by Gasteiger charge is -2.46. The molecule has 46 heavy (non-hydrogen) atoms. The monoisotopic (exact) mass is 653 g/mol. The van der Waals surface area contributed by atoms with E-state index < -0.39 is 50.8 Å². The number of halogens is 4. The number of amides is 1. The van der Waals surface area contributed by atoms with Gasteiger partial charge in [-0.15, -0.1) is 0 Å². The Balaban J connectivity index is 1.78. The van der Waals surface area contributed by atoms with Gasteiger partial charge in [-0.3, -0.25) is 14.3 Å². The number of piperazine rings is 1. The number of anilines is 1. The molecule has 0 aliphatic carbocycles. The van der Waals surface area contributed by atoms with Crippen molar-refractivity contribution in [1.29, 1.82) is 0 Å². The minimum Gasteiger partial charge on any atom is -0.507 e. The Morgan fingerprint density at radius 1 is 1.17 bits per heavy atom. The first-order chi connectivity index (χ1) is 21.9. The number of carbonyl (C=O) groups excluding carboxylic acids is 1. The number of phenols is 1. The van der Waals surface area contributed by atoms with Crippen molar-refractivity contribution < 1.29 is 27.8 Å². The normalized spacial score (nSPS) is 17.8. The summed E-state index contributed by atoms with van der Waals surface area (Å²) in [4.78, 5) is 39.4. The molecule has 1 amide bonds. The molecule has 13 heteroatoms. The van der Waals surface area contributed by atoms with Crippen molar-refractivity contribution in [1.82, 2.24) is 19.4 Å². The van der Waals surface area contributed by atoms with Crippen molar-refractivity contribution in [3.63, 3.8) is 0 Å². The number of phenolic OH excluding ortho intramolecular Hbond substituents is 1. The summed E-state index contributed by atoms with van der Waals surface area (Å²) in [6, 6.07) is 2.58. The SMILES string of the molecule is C=CC(=O)N1CC2CCOc3c(F)c(-c4c(O)ccc(F)c4F)c(Cl)c4c3c(nc(=O)n4-c3c(C)ccnc3C(C)C)N2CC1C. The van der Waals surface area contributed by atoms with Crippen molar-refractivity contribution >= 4 is 34.2 Å². The van der Waals surface area contributed by atoms with Gasteiger partial charge in [-0.2, -0.15) is 4.98 Å². The maximum atomic E-state index is 16.8. The van der Waals surface area contributed by atoms with Crippen LogP contribution in [0.1, 0.15) is 44.4 Å². The third kappa shape index (κ3) is 4.77. The highest BCUT2D eigenvalue weighted by Crippen LogP contribution is 2.50. The topological polar surface area (TPSA) is 101 Å². The molecule has 1 saturated heterocycles. The number of hydrogen-bond acceptors (Lipinski definition) is 7. The number of carbonyl (C=O) groups is 1. The number of fused-ring (bicyclic) bond motifs is 2. The van der Waals surface area contributed by atoms with Crippen LogP contribution in [0.5, 0.6) is 11.5 Å². The maximum Gasteiger partial charge on any atom is 0.354 e. The van der Waals surface area contributed by atoms with Crippen LogP contribution in [0.3, 0.4) is 0 Å². The predicted molar refractivity (Wildman–Crippen MR) is 169 cm³/mol. The summed E-state index contributed by atoms with van der Waals surface area (Å²) in [5.74, 6) is -5.56. The minimum absolute atomic E-state index is 0.0282. The van der Waals surface area contributed by atoms with E-state index in [0.717, 1.165) is 6.07 Å². The van der Waals surface area contributed by atoms with Gasteiger partial charge in [-0.1, -0.05) is 32.0 Å². The van der Waals surface area contributed by atoms with Gasteiger partial charge < -0.3 is 19.6 Å². The number of benzene rings is 2. The van der Waals surface area contributed by atoms with E-state index in [1.807, 2.05) is 25.7 Å². The smallest absolute Gasteiger partial charge is 0.354 e. The van der Waals surface area contributed by atoms with Gasteiger partial charge in [0.2, 0.25) is 5.91 Å². The highest BCUT2D eigenvalue weighted by atomic mass is 35.5. The summed E-state index contributed by atoms with van der Waals surface area (Å²) in [6.07, 6.45) is 3.13. The molecule has 0 radical (unpaired) electrons. The van der Waals surface area contributed by atoms with Gasteiger partial charge in [0.25, 0.3) is 0 Å². The lowest BCUT2D eigenvalue weighted by Crippen LogP contribution is -2.60. The third-order valence-electron chi connectivity index (χ3n) is 8.67. The maximum absolute atomic E-state index is 16.8. The summed E-state index contributed by atoms with van der Waals surface area (Å²) in [7, 11) is 0. The Bertz CT molecular complexity index is 2000. The van der Waals surface area contributed by atoms with Crippen LogP contribution in [-0.4, -0.2) is 62.2 Å². The quantitative estimate of drug-likeness (QED) is 0.269. The van der Waals surface area contributed by atoms with Gasteiger partial charge in [0.15, 0.2) is 23.2 Å². The van der Waals surface area contributed by atoms with Crippen LogP contribution in [0.4, 0.5) is 19.0 Å². The first-order valence-electron chi connectivity index (χ1n) is 14.8. The molecule has 1 N–H and O–H groups in total. The fourth-order valence-electron chi connectivity index (χ4n) is 6.46. The summed E-state index contributed by atoms with van der Waals surface area (Å²) in [5, 5.41) is 10.2. The second kappa shape index (κ2) is 11.7. The van der Waals surface area contributed by atoms with E-state index in [0.29, 0.717) is 29.4 Å². The Morgan fingerprint density at radius 2 is 1.91 bits per heavy atom. The van der Waals surface area contributed by atoms with E-state index in [2.05, 4.69) is 16.5 Å². The van der Waals surface area contributed by atoms with Crippen molar-refractivity contribution in [2.75, 3.05) is 24.6 Å². The molecule has 2 unspecified atom stereocenters. The summed E-state index contributed by atoms with van der Waals surface area (Å²) >= 11 is 7.01. The van der Waals surface area contributed by atoms with Crippen LogP contribution < -0.4 is 15.3 Å². The van der Waals surface area contributed by atoms with Gasteiger partial charge in [-0.25, -0.2) is 18.0 Å².